The average Bonchev–Trinajstić information content (AvgIpc) is 3.25. The van der Waals surface area contributed by atoms with Gasteiger partial charge in [0, 0.05) is 0 Å². The summed E-state index contributed by atoms with van der Waals surface area (Å²) in [7, 11) is 0. The van der Waals surface area contributed by atoms with Gasteiger partial charge >= 0.3 is 41.9 Å². The first kappa shape index (κ1) is 24.1. The SMILES string of the molecule is CCCCCCCCCCC1=CC[C-]=C1.C[Si](C)=[Zr+2].[C-]1=CC=CC1. The minimum absolute atomic E-state index is 0.210. The molecule has 0 aromatic carbocycles. The van der Waals surface area contributed by atoms with E-state index in [1.807, 2.05) is 12.2 Å². The molecule has 0 spiro atoms. The van der Waals surface area contributed by atoms with Crippen molar-refractivity contribution in [2.24, 2.45) is 0 Å². The van der Waals surface area contributed by atoms with Gasteiger partial charge in [-0.05, 0) is 0 Å². The van der Waals surface area contributed by atoms with Crippen molar-refractivity contribution in [3.8, 4) is 0 Å². The summed E-state index contributed by atoms with van der Waals surface area (Å²) >= 11 is 1.74. The van der Waals surface area contributed by atoms with Crippen LogP contribution in [0.2, 0.25) is 13.1 Å². The van der Waals surface area contributed by atoms with Crippen molar-refractivity contribution >= 4 is 5.43 Å². The molecule has 0 bridgehead atoms. The Morgan fingerprint density at radius 2 is 1.58 bits per heavy atom. The maximum Gasteiger partial charge on any atom is -0.109 e. The Morgan fingerprint density at radius 1 is 0.958 bits per heavy atom. The van der Waals surface area contributed by atoms with Crippen molar-refractivity contribution in [1.82, 2.24) is 0 Å². The molecule has 0 N–H and O–H groups in total. The van der Waals surface area contributed by atoms with Gasteiger partial charge in [0.05, 0.1) is 0 Å². The van der Waals surface area contributed by atoms with Crippen LogP contribution in [0.5, 0.6) is 0 Å². The molecule has 0 fully saturated rings. The fraction of sp³-hybridized carbons (Fsp3) is 0.636. The van der Waals surface area contributed by atoms with E-state index in [1.54, 1.807) is 23.3 Å². The normalized spacial score (nSPS) is 14.0. The molecule has 2 aliphatic carbocycles. The van der Waals surface area contributed by atoms with Crippen LogP contribution in [0.15, 0.2) is 36.0 Å². The Labute approximate surface area is 167 Å². The molecule has 0 radical (unpaired) electrons. The maximum atomic E-state index is 3.23. The average molecular weight is 420 g/mol. The number of hydrogen-bond acceptors (Lipinski definition) is 0. The summed E-state index contributed by atoms with van der Waals surface area (Å²) < 4.78 is 0. The van der Waals surface area contributed by atoms with E-state index in [9.17, 15) is 0 Å². The van der Waals surface area contributed by atoms with Crippen LogP contribution in [-0.4, -0.2) is 5.43 Å². The summed E-state index contributed by atoms with van der Waals surface area (Å²) in [4.78, 5) is 0. The van der Waals surface area contributed by atoms with Crippen molar-refractivity contribution < 1.29 is 23.3 Å². The predicted molar refractivity (Wildman–Crippen MR) is 107 cm³/mol. The van der Waals surface area contributed by atoms with Gasteiger partial charge in [0.2, 0.25) is 0 Å². The van der Waals surface area contributed by atoms with Gasteiger partial charge in [0.25, 0.3) is 0 Å². The van der Waals surface area contributed by atoms with E-state index < -0.39 is 0 Å². The molecule has 132 valence electrons. The maximum absolute atomic E-state index is 3.23. The summed E-state index contributed by atoms with van der Waals surface area (Å²) in [6.45, 7) is 6.89. The fourth-order valence-corrected chi connectivity index (χ4v) is 2.42. The van der Waals surface area contributed by atoms with Crippen molar-refractivity contribution in [2.45, 2.75) is 90.6 Å². The molecule has 0 saturated carbocycles. The largest absolute Gasteiger partial charge is 0.273 e. The Hall–Kier alpha value is 0.0600. The molecule has 0 aliphatic heterocycles. The number of unbranched alkanes of at least 4 members (excludes halogenated alkanes) is 7. The van der Waals surface area contributed by atoms with Crippen LogP contribution in [-0.2, 0) is 23.3 Å². The van der Waals surface area contributed by atoms with E-state index in [1.165, 1.54) is 63.4 Å². The second-order valence-corrected chi connectivity index (χ2v) is 15.9. The Kier molecular flexibility index (Phi) is 19.4. The first-order chi connectivity index (χ1) is 11.7. The Balaban J connectivity index is 0.000000478. The summed E-state index contributed by atoms with van der Waals surface area (Å²) in [6, 6.07) is 0. The van der Waals surface area contributed by atoms with Crippen LogP contribution in [0.25, 0.3) is 0 Å². The zero-order valence-electron chi connectivity index (χ0n) is 16.2. The molecule has 2 aliphatic rings. The van der Waals surface area contributed by atoms with Crippen molar-refractivity contribution in [3.63, 3.8) is 0 Å². The van der Waals surface area contributed by atoms with E-state index in [4.69, 9.17) is 0 Å². The molecule has 0 amide bonds. The summed E-state index contributed by atoms with van der Waals surface area (Å²) in [5.74, 6) is 0. The molecule has 0 atom stereocenters. The molecule has 24 heavy (non-hydrogen) atoms. The fourth-order valence-electron chi connectivity index (χ4n) is 2.42. The van der Waals surface area contributed by atoms with Crippen molar-refractivity contribution in [2.75, 3.05) is 0 Å². The van der Waals surface area contributed by atoms with Gasteiger partial charge < -0.3 is 0 Å². The van der Waals surface area contributed by atoms with E-state index in [-0.39, 0.29) is 5.43 Å². The van der Waals surface area contributed by atoms with Crippen molar-refractivity contribution in [3.05, 3.63) is 48.1 Å². The molecular formula is C22H36SiZr. The standard InChI is InChI=1S/C15H25.C5H5.C2H6Si.Zr/c1-2-3-4-5-6-7-8-9-12-15-13-10-11-14-15;1-2-4-5-3-1;1-3-2;/h13-14H,2-10,12H2,1H3;1-3H,4H2;1-2H3;/q2*-1;;+2. The molecule has 0 aromatic rings. The zero-order chi connectivity index (χ0) is 17.9. The summed E-state index contributed by atoms with van der Waals surface area (Å²) in [5.41, 5.74) is 1.73. The first-order valence-electron chi connectivity index (χ1n) is 9.66. The smallest absolute Gasteiger partial charge is 0.109 e. The second kappa shape index (κ2) is 19.4. The number of rotatable bonds is 9. The third-order valence-electron chi connectivity index (χ3n) is 3.67. The van der Waals surface area contributed by atoms with Crippen LogP contribution < -0.4 is 0 Å². The van der Waals surface area contributed by atoms with Gasteiger partial charge in [0.1, 0.15) is 0 Å². The molecule has 2 heteroatoms. The predicted octanol–water partition coefficient (Wildman–Crippen LogP) is 7.30. The van der Waals surface area contributed by atoms with Gasteiger partial charge in [-0.3, -0.25) is 12.2 Å². The second-order valence-electron chi connectivity index (χ2n) is 6.56. The van der Waals surface area contributed by atoms with Crippen LogP contribution in [0, 0.1) is 12.2 Å². The molecular weight excluding hydrogens is 384 g/mol. The Bertz CT molecular complexity index is 402. The molecule has 0 unspecified atom stereocenters. The summed E-state index contributed by atoms with van der Waals surface area (Å²) in [6.07, 6.45) is 31.4. The quantitative estimate of drug-likeness (QED) is 0.209. The monoisotopic (exact) mass is 418 g/mol. The van der Waals surface area contributed by atoms with E-state index >= 15 is 0 Å². The van der Waals surface area contributed by atoms with Gasteiger partial charge in [0.15, 0.2) is 0 Å². The number of hydrogen-bond donors (Lipinski definition) is 0. The minimum atomic E-state index is 0.210. The number of allylic oxidation sites excluding steroid dienone is 8. The third-order valence-corrected chi connectivity index (χ3v) is 3.67. The van der Waals surface area contributed by atoms with Gasteiger partial charge in [-0.2, -0.15) is 12.2 Å². The van der Waals surface area contributed by atoms with Crippen LogP contribution in [0.4, 0.5) is 0 Å². The molecule has 0 aromatic heterocycles. The third kappa shape index (κ3) is 20.1. The zero-order valence-corrected chi connectivity index (χ0v) is 19.6. The minimum Gasteiger partial charge on any atom is -0.273 e. The molecule has 0 heterocycles. The van der Waals surface area contributed by atoms with Gasteiger partial charge in [-0.1, -0.05) is 64.7 Å². The van der Waals surface area contributed by atoms with Crippen LogP contribution in [0.1, 0.15) is 77.6 Å². The van der Waals surface area contributed by atoms with Gasteiger partial charge in [-0.15, -0.1) is 12.8 Å². The molecule has 2 rings (SSSR count). The van der Waals surface area contributed by atoms with Gasteiger partial charge in [-0.25, -0.2) is 23.8 Å². The van der Waals surface area contributed by atoms with Crippen molar-refractivity contribution in [1.29, 1.82) is 0 Å². The Morgan fingerprint density at radius 3 is 2.00 bits per heavy atom. The van der Waals surface area contributed by atoms with E-state index in [2.05, 4.69) is 50.4 Å². The topological polar surface area (TPSA) is 0 Å². The van der Waals surface area contributed by atoms with E-state index in [0.717, 1.165) is 12.8 Å². The van der Waals surface area contributed by atoms with Crippen LogP contribution >= 0.6 is 0 Å². The molecule has 0 saturated heterocycles. The molecule has 0 nitrogen and oxygen atoms in total. The summed E-state index contributed by atoms with van der Waals surface area (Å²) in [5, 5.41) is 0. The van der Waals surface area contributed by atoms with E-state index in [0.29, 0.717) is 0 Å². The first-order valence-corrected chi connectivity index (χ1v) is 15.8. The van der Waals surface area contributed by atoms with Crippen LogP contribution in [0.3, 0.4) is 0 Å².